The number of halogens is 3. The zero-order chi connectivity index (χ0) is 27.8. The van der Waals surface area contributed by atoms with E-state index in [1.807, 2.05) is 35.6 Å². The molecular weight excluding hydrogens is 515 g/mol. The van der Waals surface area contributed by atoms with Gasteiger partial charge in [0, 0.05) is 11.8 Å². The molecule has 0 fully saturated rings. The lowest BCUT2D eigenvalue weighted by molar-refractivity contribution is -0.123. The SMILES string of the molecule is Cc1cnc(CNC(=O)c2nnn(-c3ccc(C(=O)NCC(F)(F)F)cc3)c2COCc2ccccc2)cn1. The fraction of sp³-hybridized carbons (Fsp3) is 0.231. The Morgan fingerprint density at radius 1 is 0.923 bits per heavy atom. The first-order valence-electron chi connectivity index (χ1n) is 11.8. The number of aromatic nitrogens is 5. The van der Waals surface area contributed by atoms with Crippen LogP contribution in [0.25, 0.3) is 5.69 Å². The van der Waals surface area contributed by atoms with Crippen LogP contribution < -0.4 is 10.6 Å². The van der Waals surface area contributed by atoms with Gasteiger partial charge in [-0.2, -0.15) is 13.2 Å². The second-order valence-electron chi connectivity index (χ2n) is 8.45. The highest BCUT2D eigenvalue weighted by molar-refractivity contribution is 5.94. The number of rotatable bonds is 10. The molecule has 2 aromatic heterocycles. The maximum absolute atomic E-state index is 13.0. The van der Waals surface area contributed by atoms with Crippen molar-refractivity contribution < 1.29 is 27.5 Å². The Morgan fingerprint density at radius 3 is 2.33 bits per heavy atom. The second-order valence-corrected chi connectivity index (χ2v) is 8.45. The Labute approximate surface area is 221 Å². The van der Waals surface area contributed by atoms with E-state index in [1.54, 1.807) is 19.3 Å². The summed E-state index contributed by atoms with van der Waals surface area (Å²) in [5.41, 5.74) is 3.05. The number of carbonyl (C=O) groups is 2. The summed E-state index contributed by atoms with van der Waals surface area (Å²) >= 11 is 0. The average Bonchev–Trinajstić information content (AvgIpc) is 3.35. The Kier molecular flexibility index (Phi) is 8.61. The number of carbonyl (C=O) groups excluding carboxylic acids is 2. The molecule has 0 spiro atoms. The van der Waals surface area contributed by atoms with Crippen molar-refractivity contribution in [2.45, 2.75) is 32.9 Å². The van der Waals surface area contributed by atoms with E-state index in [0.717, 1.165) is 11.3 Å². The number of alkyl halides is 3. The molecule has 0 aliphatic heterocycles. The highest BCUT2D eigenvalue weighted by Crippen LogP contribution is 2.17. The summed E-state index contributed by atoms with van der Waals surface area (Å²) in [7, 11) is 0. The number of nitrogens with zero attached hydrogens (tertiary/aromatic N) is 5. The molecule has 0 aliphatic carbocycles. The Bertz CT molecular complexity index is 1410. The van der Waals surface area contributed by atoms with E-state index in [-0.39, 0.29) is 31.0 Å². The van der Waals surface area contributed by atoms with Crippen LogP contribution in [0.5, 0.6) is 0 Å². The van der Waals surface area contributed by atoms with E-state index in [4.69, 9.17) is 4.74 Å². The van der Waals surface area contributed by atoms with Gasteiger partial charge < -0.3 is 15.4 Å². The summed E-state index contributed by atoms with van der Waals surface area (Å²) in [6, 6.07) is 15.1. The third-order valence-electron chi connectivity index (χ3n) is 5.42. The van der Waals surface area contributed by atoms with Crippen molar-refractivity contribution in [2.75, 3.05) is 6.54 Å². The van der Waals surface area contributed by atoms with Gasteiger partial charge in [-0.25, -0.2) is 4.68 Å². The fourth-order valence-electron chi connectivity index (χ4n) is 3.46. The summed E-state index contributed by atoms with van der Waals surface area (Å²) in [5, 5.41) is 12.7. The van der Waals surface area contributed by atoms with Crippen LogP contribution in [0, 0.1) is 6.92 Å². The van der Waals surface area contributed by atoms with Gasteiger partial charge in [-0.3, -0.25) is 19.6 Å². The molecule has 39 heavy (non-hydrogen) atoms. The first kappa shape index (κ1) is 27.4. The molecule has 0 saturated heterocycles. The number of amides is 2. The van der Waals surface area contributed by atoms with E-state index in [2.05, 4.69) is 25.6 Å². The van der Waals surface area contributed by atoms with Gasteiger partial charge in [0.15, 0.2) is 5.69 Å². The molecule has 10 nitrogen and oxygen atoms in total. The number of ether oxygens (including phenoxy) is 1. The van der Waals surface area contributed by atoms with E-state index in [0.29, 0.717) is 17.1 Å². The van der Waals surface area contributed by atoms with Crippen LogP contribution in [0.4, 0.5) is 13.2 Å². The van der Waals surface area contributed by atoms with Crippen LogP contribution in [0.1, 0.15) is 43.5 Å². The van der Waals surface area contributed by atoms with Crippen LogP contribution in [-0.2, 0) is 24.5 Å². The smallest absolute Gasteiger partial charge is 0.370 e. The van der Waals surface area contributed by atoms with Gasteiger partial charge in [0.1, 0.15) is 12.2 Å². The third kappa shape index (κ3) is 7.68. The largest absolute Gasteiger partial charge is 0.405 e. The monoisotopic (exact) mass is 539 g/mol. The molecule has 13 heteroatoms. The normalized spacial score (nSPS) is 11.3. The van der Waals surface area contributed by atoms with E-state index < -0.39 is 24.5 Å². The standard InChI is InChI=1S/C26H24F3N7O3/c1-17-11-31-20(12-30-17)13-32-25(38)23-22(15-39-14-18-5-3-2-4-6-18)36(35-34-23)21-9-7-19(8-10-21)24(37)33-16-26(27,28)29/h2-12H,13-16H2,1H3,(H,32,38)(H,33,37). The van der Waals surface area contributed by atoms with E-state index in [1.165, 1.54) is 28.9 Å². The van der Waals surface area contributed by atoms with E-state index in [9.17, 15) is 22.8 Å². The second kappa shape index (κ2) is 12.3. The van der Waals surface area contributed by atoms with Gasteiger partial charge in [-0.05, 0) is 36.8 Å². The summed E-state index contributed by atoms with van der Waals surface area (Å²) in [6.07, 6.45) is -1.37. The molecule has 0 bridgehead atoms. The zero-order valence-electron chi connectivity index (χ0n) is 20.8. The van der Waals surface area contributed by atoms with E-state index >= 15 is 0 Å². The molecule has 4 rings (SSSR count). The minimum Gasteiger partial charge on any atom is -0.370 e. The van der Waals surface area contributed by atoms with Gasteiger partial charge in [0.05, 0.1) is 43.0 Å². The Hall–Kier alpha value is -4.65. The minimum absolute atomic E-state index is 0.0233. The predicted molar refractivity (Wildman–Crippen MR) is 133 cm³/mol. The van der Waals surface area contributed by atoms with Crippen LogP contribution >= 0.6 is 0 Å². The molecule has 2 heterocycles. The van der Waals surface area contributed by atoms with Crippen LogP contribution in [0.3, 0.4) is 0 Å². The van der Waals surface area contributed by atoms with Gasteiger partial charge in [0.25, 0.3) is 11.8 Å². The lowest BCUT2D eigenvalue weighted by atomic mass is 10.2. The van der Waals surface area contributed by atoms with Crippen molar-refractivity contribution in [3.63, 3.8) is 0 Å². The molecule has 4 aromatic rings. The van der Waals surface area contributed by atoms with Crippen molar-refractivity contribution in [1.29, 1.82) is 0 Å². The zero-order valence-corrected chi connectivity index (χ0v) is 20.8. The van der Waals surface area contributed by atoms with Crippen molar-refractivity contribution >= 4 is 11.8 Å². The molecule has 2 amide bonds. The first-order chi connectivity index (χ1) is 18.7. The summed E-state index contributed by atoms with van der Waals surface area (Å²) in [5.74, 6) is -1.38. The maximum atomic E-state index is 13.0. The average molecular weight is 540 g/mol. The van der Waals surface area contributed by atoms with Gasteiger partial charge >= 0.3 is 6.18 Å². The molecule has 0 saturated carbocycles. The topological polar surface area (TPSA) is 124 Å². The number of benzene rings is 2. The lowest BCUT2D eigenvalue weighted by Gasteiger charge is -2.11. The fourth-order valence-corrected chi connectivity index (χ4v) is 3.46. The molecule has 202 valence electrons. The number of hydrogen-bond acceptors (Lipinski definition) is 7. The maximum Gasteiger partial charge on any atom is 0.405 e. The Morgan fingerprint density at radius 2 is 1.67 bits per heavy atom. The van der Waals surface area contributed by atoms with Crippen LogP contribution in [0.2, 0.25) is 0 Å². The molecule has 0 aliphatic rings. The summed E-state index contributed by atoms with van der Waals surface area (Å²) in [6.45, 7) is 0.723. The molecule has 2 N–H and O–H groups in total. The number of aryl methyl sites for hydroxylation is 1. The predicted octanol–water partition coefficient (Wildman–Crippen LogP) is 3.30. The lowest BCUT2D eigenvalue weighted by Crippen LogP contribution is -2.33. The van der Waals surface area contributed by atoms with Crippen LogP contribution in [-0.4, -0.2) is 49.5 Å². The molecule has 0 radical (unpaired) electrons. The summed E-state index contributed by atoms with van der Waals surface area (Å²) < 4.78 is 44.5. The highest BCUT2D eigenvalue weighted by atomic mass is 19.4. The third-order valence-corrected chi connectivity index (χ3v) is 5.42. The quantitative estimate of drug-likeness (QED) is 0.317. The van der Waals surface area contributed by atoms with Crippen molar-refractivity contribution in [3.05, 3.63) is 101 Å². The first-order valence-corrected chi connectivity index (χ1v) is 11.8. The molecule has 2 aromatic carbocycles. The van der Waals surface area contributed by atoms with Crippen molar-refractivity contribution in [1.82, 2.24) is 35.6 Å². The van der Waals surface area contributed by atoms with Gasteiger partial charge in [-0.15, -0.1) is 5.10 Å². The number of nitrogens with one attached hydrogen (secondary N) is 2. The highest BCUT2D eigenvalue weighted by Gasteiger charge is 2.28. The van der Waals surface area contributed by atoms with Gasteiger partial charge in [-0.1, -0.05) is 35.5 Å². The number of hydrogen-bond donors (Lipinski definition) is 2. The van der Waals surface area contributed by atoms with Gasteiger partial charge in [0.2, 0.25) is 0 Å². The van der Waals surface area contributed by atoms with Crippen molar-refractivity contribution in [2.24, 2.45) is 0 Å². The molecule has 0 atom stereocenters. The summed E-state index contributed by atoms with van der Waals surface area (Å²) in [4.78, 5) is 33.4. The minimum atomic E-state index is -4.52. The van der Waals surface area contributed by atoms with Crippen LogP contribution in [0.15, 0.2) is 67.0 Å². The van der Waals surface area contributed by atoms with Crippen molar-refractivity contribution in [3.8, 4) is 5.69 Å². The molecule has 0 unspecified atom stereocenters. The Balaban J connectivity index is 1.53. The molecular formula is C26H24F3N7O3.